The molecule has 1 heteroatoms. The van der Waals surface area contributed by atoms with Gasteiger partial charge in [-0.15, -0.1) is 0 Å². The molecule has 0 saturated heterocycles. The van der Waals surface area contributed by atoms with Crippen molar-refractivity contribution in [2.75, 3.05) is 0 Å². The second-order valence-corrected chi connectivity index (χ2v) is 12.4. The highest BCUT2D eigenvalue weighted by molar-refractivity contribution is 5.83. The van der Waals surface area contributed by atoms with Crippen molar-refractivity contribution in [3.63, 3.8) is 0 Å². The van der Waals surface area contributed by atoms with Crippen LogP contribution in [0.4, 0.5) is 0 Å². The summed E-state index contributed by atoms with van der Waals surface area (Å²) in [7, 11) is 0. The van der Waals surface area contributed by atoms with Crippen molar-refractivity contribution in [1.29, 1.82) is 0 Å². The minimum absolute atomic E-state index is 0.315. The molecule has 4 aliphatic rings. The van der Waals surface area contributed by atoms with Gasteiger partial charge >= 0.3 is 0 Å². The third kappa shape index (κ3) is 3.47. The number of fused-ring (bicyclic) bond motifs is 5. The monoisotopic (exact) mass is 398 g/mol. The van der Waals surface area contributed by atoms with Crippen LogP contribution in [-0.2, 0) is 4.79 Å². The number of hydrogen-bond acceptors (Lipinski definition) is 1. The highest BCUT2D eigenvalue weighted by Gasteiger charge is 2.61. The number of rotatable bonds is 4. The predicted molar refractivity (Wildman–Crippen MR) is 123 cm³/mol. The van der Waals surface area contributed by atoms with Crippen LogP contribution in [0.5, 0.6) is 0 Å². The average molecular weight is 399 g/mol. The molecule has 0 aromatic heterocycles. The maximum absolute atomic E-state index is 13.2. The van der Waals surface area contributed by atoms with Gasteiger partial charge in [0.05, 0.1) is 0 Å². The van der Waals surface area contributed by atoms with Crippen LogP contribution < -0.4 is 0 Å². The number of Topliss-reactive ketones (excluding diaryl/α,β-unsaturated/α-hetero) is 1. The van der Waals surface area contributed by atoms with Crippen molar-refractivity contribution in [2.45, 2.75) is 99.3 Å². The van der Waals surface area contributed by atoms with Gasteiger partial charge < -0.3 is 0 Å². The van der Waals surface area contributed by atoms with Gasteiger partial charge in [0.15, 0.2) is 0 Å². The minimum atomic E-state index is 0.315. The minimum Gasteiger partial charge on any atom is -0.299 e. The van der Waals surface area contributed by atoms with Crippen molar-refractivity contribution >= 4 is 5.78 Å². The molecule has 0 aromatic rings. The van der Waals surface area contributed by atoms with Crippen LogP contribution in [0.15, 0.2) is 12.2 Å². The van der Waals surface area contributed by atoms with E-state index in [1.54, 1.807) is 0 Å². The lowest BCUT2D eigenvalue weighted by Gasteiger charge is -2.60. The molecule has 0 aliphatic heterocycles. The van der Waals surface area contributed by atoms with E-state index in [2.05, 4.69) is 53.7 Å². The highest BCUT2D eigenvalue weighted by atomic mass is 16.1. The van der Waals surface area contributed by atoms with Gasteiger partial charge in [0, 0.05) is 12.3 Å². The SMILES string of the molecule is CC(C)[C@@H](C)C=C[C@@H](C)[C@H]1CC[C@H]2[C@@H]3CC(=O)C4CCCC[C@]4(C)[C@H]3CC[C@]12C. The van der Waals surface area contributed by atoms with E-state index < -0.39 is 0 Å². The van der Waals surface area contributed by atoms with Gasteiger partial charge in [-0.05, 0) is 90.8 Å². The van der Waals surface area contributed by atoms with Gasteiger partial charge in [-0.3, -0.25) is 4.79 Å². The summed E-state index contributed by atoms with van der Waals surface area (Å²) in [5, 5.41) is 0. The summed E-state index contributed by atoms with van der Waals surface area (Å²) in [6.45, 7) is 14.6. The highest BCUT2D eigenvalue weighted by Crippen LogP contribution is 2.67. The molecule has 0 spiro atoms. The molecule has 4 fully saturated rings. The lowest BCUT2D eigenvalue weighted by Crippen LogP contribution is -2.55. The first-order valence-corrected chi connectivity index (χ1v) is 12.9. The molecular formula is C28H46O. The molecule has 4 rings (SSSR count). The summed E-state index contributed by atoms with van der Waals surface area (Å²) in [5.41, 5.74) is 0.764. The normalized spacial score (nSPS) is 47.0. The van der Waals surface area contributed by atoms with E-state index in [0.29, 0.717) is 40.3 Å². The quantitative estimate of drug-likeness (QED) is 0.443. The van der Waals surface area contributed by atoms with Crippen LogP contribution >= 0.6 is 0 Å². The third-order valence-electron chi connectivity index (χ3n) is 10.8. The average Bonchev–Trinajstić information content (AvgIpc) is 3.03. The van der Waals surface area contributed by atoms with Gasteiger partial charge in [-0.25, -0.2) is 0 Å². The van der Waals surface area contributed by atoms with E-state index in [1.807, 2.05) is 0 Å². The van der Waals surface area contributed by atoms with Gasteiger partial charge in [-0.1, -0.05) is 66.5 Å². The predicted octanol–water partition coefficient (Wildman–Crippen LogP) is 7.70. The summed E-state index contributed by atoms with van der Waals surface area (Å²) < 4.78 is 0. The van der Waals surface area contributed by atoms with E-state index in [0.717, 1.165) is 30.1 Å². The Morgan fingerprint density at radius 2 is 1.59 bits per heavy atom. The third-order valence-corrected chi connectivity index (χ3v) is 10.8. The summed E-state index contributed by atoms with van der Waals surface area (Å²) in [6.07, 6.45) is 16.6. The standard InChI is InChI=1S/C28H46O/c1-18(2)19(3)10-11-20(4)22-12-13-23-21-17-26(29)25-9-7-8-15-27(25,5)24(21)14-16-28(22,23)6/h10-11,18-25H,7-9,12-17H2,1-6H3/t19-,20+,21-,22+,23-,24-,25?,27+,28+/m0/s1. The van der Waals surface area contributed by atoms with Crippen molar-refractivity contribution in [2.24, 2.45) is 58.2 Å². The van der Waals surface area contributed by atoms with Crippen LogP contribution in [0.1, 0.15) is 99.3 Å². The van der Waals surface area contributed by atoms with Gasteiger partial charge in [0.25, 0.3) is 0 Å². The fourth-order valence-corrected chi connectivity index (χ4v) is 8.71. The maximum Gasteiger partial charge on any atom is 0.136 e. The van der Waals surface area contributed by atoms with Crippen LogP contribution in [0.2, 0.25) is 0 Å². The lowest BCUT2D eigenvalue weighted by molar-refractivity contribution is -0.154. The summed E-state index contributed by atoms with van der Waals surface area (Å²) in [6, 6.07) is 0. The summed E-state index contributed by atoms with van der Waals surface area (Å²) in [4.78, 5) is 13.2. The molecule has 0 bridgehead atoms. The van der Waals surface area contributed by atoms with E-state index >= 15 is 0 Å². The number of allylic oxidation sites excluding steroid dienone is 2. The number of ketones is 1. The van der Waals surface area contributed by atoms with Crippen LogP contribution in [0.3, 0.4) is 0 Å². The molecule has 0 amide bonds. The molecule has 0 radical (unpaired) electrons. The van der Waals surface area contributed by atoms with Crippen molar-refractivity contribution < 1.29 is 4.79 Å². The Hall–Kier alpha value is -0.590. The fraction of sp³-hybridized carbons (Fsp3) is 0.893. The Balaban J connectivity index is 1.54. The molecule has 0 heterocycles. The Labute approximate surface area is 180 Å². The Kier molecular flexibility index (Phi) is 5.84. The van der Waals surface area contributed by atoms with Crippen molar-refractivity contribution in [3.8, 4) is 0 Å². The lowest BCUT2D eigenvalue weighted by atomic mass is 9.44. The van der Waals surface area contributed by atoms with Crippen molar-refractivity contribution in [1.82, 2.24) is 0 Å². The molecule has 0 aromatic carbocycles. The topological polar surface area (TPSA) is 17.1 Å². The van der Waals surface area contributed by atoms with Crippen molar-refractivity contribution in [3.05, 3.63) is 12.2 Å². The molecule has 29 heavy (non-hydrogen) atoms. The number of carbonyl (C=O) groups is 1. The van der Waals surface area contributed by atoms with Crippen LogP contribution in [0.25, 0.3) is 0 Å². The molecule has 1 nitrogen and oxygen atoms in total. The Morgan fingerprint density at radius 1 is 0.862 bits per heavy atom. The fourth-order valence-electron chi connectivity index (χ4n) is 8.71. The number of hydrogen-bond donors (Lipinski definition) is 0. The first-order valence-electron chi connectivity index (χ1n) is 12.9. The van der Waals surface area contributed by atoms with Gasteiger partial charge in [0.2, 0.25) is 0 Å². The zero-order chi connectivity index (χ0) is 21.0. The summed E-state index contributed by atoms with van der Waals surface area (Å²) in [5.74, 6) is 6.16. The molecule has 9 atom stereocenters. The van der Waals surface area contributed by atoms with Gasteiger partial charge in [-0.2, -0.15) is 0 Å². The molecule has 4 saturated carbocycles. The van der Waals surface area contributed by atoms with E-state index in [4.69, 9.17) is 0 Å². The second kappa shape index (κ2) is 7.83. The molecule has 164 valence electrons. The van der Waals surface area contributed by atoms with Crippen LogP contribution in [0, 0.1) is 58.2 Å². The smallest absolute Gasteiger partial charge is 0.136 e. The van der Waals surface area contributed by atoms with Crippen LogP contribution in [-0.4, -0.2) is 5.78 Å². The summed E-state index contributed by atoms with van der Waals surface area (Å²) >= 11 is 0. The van der Waals surface area contributed by atoms with E-state index in [9.17, 15) is 4.79 Å². The Morgan fingerprint density at radius 3 is 2.31 bits per heavy atom. The first kappa shape index (κ1) is 21.6. The molecule has 1 unspecified atom stereocenters. The van der Waals surface area contributed by atoms with E-state index in [1.165, 1.54) is 51.4 Å². The van der Waals surface area contributed by atoms with Gasteiger partial charge in [0.1, 0.15) is 5.78 Å². The largest absolute Gasteiger partial charge is 0.299 e. The molecule has 4 aliphatic carbocycles. The zero-order valence-corrected chi connectivity index (χ0v) is 20.0. The number of carbonyl (C=O) groups excluding carboxylic acids is 1. The second-order valence-electron chi connectivity index (χ2n) is 12.4. The van der Waals surface area contributed by atoms with E-state index in [-0.39, 0.29) is 0 Å². The maximum atomic E-state index is 13.2. The Bertz CT molecular complexity index is 647. The first-order chi connectivity index (χ1) is 13.7. The molecular weight excluding hydrogens is 352 g/mol. The zero-order valence-electron chi connectivity index (χ0n) is 20.0. The molecule has 0 N–H and O–H groups in total.